The molecule has 0 saturated carbocycles. The molecule has 1 aromatic carbocycles. The van der Waals surface area contributed by atoms with Crippen LogP contribution in [-0.2, 0) is 0 Å². The third-order valence-electron chi connectivity index (χ3n) is 2.29. The average Bonchev–Trinajstić information content (AvgIpc) is 2.30. The van der Waals surface area contributed by atoms with Crippen LogP contribution in [0.5, 0.6) is 0 Å². The molecular formula is C12H12BrNOS. The highest BCUT2D eigenvalue weighted by Gasteiger charge is 2.08. The molecular weight excluding hydrogens is 286 g/mol. The van der Waals surface area contributed by atoms with Crippen LogP contribution in [0.1, 0.15) is 6.92 Å². The molecule has 2 rings (SSSR count). The number of nitrogens with zero attached hydrogens (tertiary/aromatic N) is 1. The summed E-state index contributed by atoms with van der Waals surface area (Å²) in [5, 5.41) is 12.5. The maximum Gasteiger partial charge on any atom is 0.104 e. The highest BCUT2D eigenvalue weighted by molar-refractivity contribution is 9.10. The molecule has 0 fully saturated rings. The van der Waals surface area contributed by atoms with E-state index in [4.69, 9.17) is 5.11 Å². The third kappa shape index (κ3) is 2.39. The van der Waals surface area contributed by atoms with Crippen molar-refractivity contribution >= 4 is 38.5 Å². The first kappa shape index (κ1) is 11.9. The largest absolute Gasteiger partial charge is 0.395 e. The Hall–Kier alpha value is -0.580. The number of halogens is 1. The summed E-state index contributed by atoms with van der Waals surface area (Å²) in [5.41, 5.74) is 0. The van der Waals surface area contributed by atoms with Gasteiger partial charge in [0.2, 0.25) is 0 Å². The van der Waals surface area contributed by atoms with Gasteiger partial charge in [-0.3, -0.25) is 0 Å². The van der Waals surface area contributed by atoms with Gasteiger partial charge in [0.05, 0.1) is 6.61 Å². The summed E-state index contributed by atoms with van der Waals surface area (Å²) in [6.45, 7) is 2.15. The minimum atomic E-state index is 0.163. The molecule has 0 aliphatic rings. The molecule has 16 heavy (non-hydrogen) atoms. The zero-order valence-electron chi connectivity index (χ0n) is 8.85. The van der Waals surface area contributed by atoms with E-state index in [1.165, 1.54) is 0 Å². The van der Waals surface area contributed by atoms with Crippen molar-refractivity contribution in [2.24, 2.45) is 0 Å². The van der Waals surface area contributed by atoms with Crippen LogP contribution in [0.2, 0.25) is 0 Å². The molecule has 4 heteroatoms. The summed E-state index contributed by atoms with van der Waals surface area (Å²) in [6, 6.07) is 8.07. The van der Waals surface area contributed by atoms with Crippen molar-refractivity contribution in [2.75, 3.05) is 6.61 Å². The van der Waals surface area contributed by atoms with Gasteiger partial charge in [0.25, 0.3) is 0 Å². The molecule has 0 amide bonds. The van der Waals surface area contributed by atoms with E-state index in [1.807, 2.05) is 25.1 Å². The normalized spacial score (nSPS) is 12.9. The first-order chi connectivity index (χ1) is 7.72. The van der Waals surface area contributed by atoms with E-state index in [1.54, 1.807) is 18.0 Å². The van der Waals surface area contributed by atoms with E-state index >= 15 is 0 Å². The fourth-order valence-electron chi connectivity index (χ4n) is 1.46. The maximum absolute atomic E-state index is 9.06. The fraction of sp³-hybridized carbons (Fsp3) is 0.250. The number of benzene rings is 1. The molecule has 1 N–H and O–H groups in total. The minimum Gasteiger partial charge on any atom is -0.395 e. The van der Waals surface area contributed by atoms with Crippen molar-refractivity contribution < 1.29 is 5.11 Å². The van der Waals surface area contributed by atoms with Gasteiger partial charge in [-0.15, -0.1) is 11.8 Å². The van der Waals surface area contributed by atoms with Crippen molar-refractivity contribution in [1.82, 2.24) is 4.98 Å². The lowest BCUT2D eigenvalue weighted by molar-refractivity contribution is 0.300. The second-order valence-electron chi connectivity index (χ2n) is 3.56. The van der Waals surface area contributed by atoms with E-state index in [-0.39, 0.29) is 11.9 Å². The molecule has 2 aromatic rings. The Morgan fingerprint density at radius 1 is 1.38 bits per heavy atom. The van der Waals surface area contributed by atoms with Crippen LogP contribution in [0, 0.1) is 0 Å². The van der Waals surface area contributed by atoms with E-state index < -0.39 is 0 Å². The molecule has 1 heterocycles. The number of aromatic nitrogens is 1. The lowest BCUT2D eigenvalue weighted by atomic mass is 10.2. The van der Waals surface area contributed by atoms with Crippen LogP contribution in [-0.4, -0.2) is 21.9 Å². The van der Waals surface area contributed by atoms with Crippen molar-refractivity contribution in [3.63, 3.8) is 0 Å². The average molecular weight is 298 g/mol. The van der Waals surface area contributed by atoms with Crippen LogP contribution in [0.25, 0.3) is 10.8 Å². The van der Waals surface area contributed by atoms with E-state index in [2.05, 4.69) is 27.0 Å². The molecule has 84 valence electrons. The van der Waals surface area contributed by atoms with Crippen LogP contribution in [0.3, 0.4) is 0 Å². The van der Waals surface area contributed by atoms with Gasteiger partial charge in [-0.2, -0.15) is 0 Å². The van der Waals surface area contributed by atoms with Gasteiger partial charge in [-0.1, -0.05) is 35.0 Å². The number of fused-ring (bicyclic) bond motifs is 1. The summed E-state index contributed by atoms with van der Waals surface area (Å²) in [5.74, 6) is 0. The summed E-state index contributed by atoms with van der Waals surface area (Å²) < 4.78 is 1.07. The van der Waals surface area contributed by atoms with Gasteiger partial charge < -0.3 is 5.11 Å². The van der Waals surface area contributed by atoms with Crippen molar-refractivity contribution in [1.29, 1.82) is 0 Å². The number of thioether (sulfide) groups is 1. The number of aliphatic hydroxyl groups is 1. The summed E-state index contributed by atoms with van der Waals surface area (Å²) >= 11 is 5.13. The van der Waals surface area contributed by atoms with Crippen molar-refractivity contribution in [3.05, 3.63) is 34.9 Å². The predicted octanol–water partition coefficient (Wildman–Crippen LogP) is 3.47. The Balaban J connectivity index is 2.50. The summed E-state index contributed by atoms with van der Waals surface area (Å²) in [7, 11) is 0. The number of rotatable bonds is 3. The van der Waals surface area contributed by atoms with Gasteiger partial charge in [-0.05, 0) is 12.1 Å². The predicted molar refractivity (Wildman–Crippen MR) is 71.8 cm³/mol. The Bertz CT molecular complexity index is 503. The molecule has 1 aromatic heterocycles. The van der Waals surface area contributed by atoms with Crippen LogP contribution >= 0.6 is 27.7 Å². The fourth-order valence-corrected chi connectivity index (χ4v) is 2.84. The second-order valence-corrected chi connectivity index (χ2v) is 5.84. The van der Waals surface area contributed by atoms with Crippen molar-refractivity contribution in [2.45, 2.75) is 17.2 Å². The molecule has 1 atom stereocenters. The van der Waals surface area contributed by atoms with Gasteiger partial charge in [0.1, 0.15) is 5.03 Å². The van der Waals surface area contributed by atoms with Gasteiger partial charge in [0.15, 0.2) is 0 Å². The third-order valence-corrected chi connectivity index (χ3v) is 4.08. The lowest BCUT2D eigenvalue weighted by Gasteiger charge is -2.09. The Morgan fingerprint density at radius 2 is 2.19 bits per heavy atom. The first-order valence-electron chi connectivity index (χ1n) is 5.03. The Morgan fingerprint density at radius 3 is 2.94 bits per heavy atom. The Labute approximate surface area is 107 Å². The molecule has 1 unspecified atom stereocenters. The van der Waals surface area contributed by atoms with Gasteiger partial charge in [0, 0.05) is 26.7 Å². The monoisotopic (exact) mass is 297 g/mol. The Kier molecular flexibility index (Phi) is 3.84. The van der Waals surface area contributed by atoms with Crippen LogP contribution in [0.4, 0.5) is 0 Å². The zero-order chi connectivity index (χ0) is 11.5. The standard InChI is InChI=1S/C12H12BrNOS/c1-8(7-15)16-12-10-3-2-4-11(13)9(10)5-6-14-12/h2-6,8,15H,7H2,1H3. The molecule has 0 aliphatic carbocycles. The molecule has 2 nitrogen and oxygen atoms in total. The summed E-state index contributed by atoms with van der Waals surface area (Å²) in [4.78, 5) is 4.37. The zero-order valence-corrected chi connectivity index (χ0v) is 11.3. The number of hydrogen-bond donors (Lipinski definition) is 1. The number of hydrogen-bond acceptors (Lipinski definition) is 3. The van der Waals surface area contributed by atoms with Crippen molar-refractivity contribution in [3.8, 4) is 0 Å². The first-order valence-corrected chi connectivity index (χ1v) is 6.70. The highest BCUT2D eigenvalue weighted by atomic mass is 79.9. The molecule has 0 spiro atoms. The molecule has 0 aliphatic heterocycles. The SMILES string of the molecule is CC(CO)Sc1nccc2c(Br)cccc12. The number of aliphatic hydroxyl groups excluding tert-OH is 1. The quantitative estimate of drug-likeness (QED) is 0.881. The minimum absolute atomic E-state index is 0.163. The van der Waals surface area contributed by atoms with E-state index in [0.717, 1.165) is 20.3 Å². The summed E-state index contributed by atoms with van der Waals surface area (Å²) in [6.07, 6.45) is 1.81. The molecule has 0 saturated heterocycles. The smallest absolute Gasteiger partial charge is 0.104 e. The lowest BCUT2D eigenvalue weighted by Crippen LogP contribution is -2.02. The van der Waals surface area contributed by atoms with E-state index in [9.17, 15) is 0 Å². The van der Waals surface area contributed by atoms with Crippen LogP contribution in [0.15, 0.2) is 40.0 Å². The molecule has 0 bridgehead atoms. The molecule has 0 radical (unpaired) electrons. The maximum atomic E-state index is 9.06. The van der Waals surface area contributed by atoms with Gasteiger partial charge >= 0.3 is 0 Å². The second kappa shape index (κ2) is 5.17. The van der Waals surface area contributed by atoms with E-state index in [0.29, 0.717) is 0 Å². The highest BCUT2D eigenvalue weighted by Crippen LogP contribution is 2.31. The number of pyridine rings is 1. The van der Waals surface area contributed by atoms with Gasteiger partial charge in [-0.25, -0.2) is 4.98 Å². The van der Waals surface area contributed by atoms with Crippen LogP contribution < -0.4 is 0 Å². The topological polar surface area (TPSA) is 33.1 Å².